The monoisotopic (exact) mass is 516 g/mol. The second-order valence-corrected chi connectivity index (χ2v) is 18.6. The van der Waals surface area contributed by atoms with E-state index in [0.717, 1.165) is 0 Å². The van der Waals surface area contributed by atoms with Crippen LogP contribution in [0.3, 0.4) is 0 Å². The van der Waals surface area contributed by atoms with Crippen molar-refractivity contribution in [2.75, 3.05) is 0 Å². The molecular weight excluding hydrogens is 480 g/mol. The largest absolute Gasteiger partial charge is 0.150 e. The van der Waals surface area contributed by atoms with Gasteiger partial charge in [-0.15, -0.1) is 53.6 Å². The molecule has 1 atom stereocenters. The summed E-state index contributed by atoms with van der Waals surface area (Å²) in [5, 5.41) is 2.69. The summed E-state index contributed by atoms with van der Waals surface area (Å²) in [7, 11) is 0. The van der Waals surface area contributed by atoms with Crippen LogP contribution in [0.4, 0.5) is 0 Å². The Morgan fingerprint density at radius 1 is 0.906 bits per heavy atom. The van der Waals surface area contributed by atoms with Gasteiger partial charge < -0.3 is 0 Å². The summed E-state index contributed by atoms with van der Waals surface area (Å²) in [5.74, 6) is 0.560. The van der Waals surface area contributed by atoms with Crippen molar-refractivity contribution in [1.29, 1.82) is 0 Å². The van der Waals surface area contributed by atoms with Gasteiger partial charge in [0, 0.05) is 0 Å². The fraction of sp³-hybridized carbons (Fsp3) is 0.367. The summed E-state index contributed by atoms with van der Waals surface area (Å²) in [5.41, 5.74) is 12.8. The van der Waals surface area contributed by atoms with Crippen LogP contribution in [0, 0.1) is 39.7 Å². The van der Waals surface area contributed by atoms with E-state index in [1.54, 1.807) is 23.3 Å². The number of benzene rings is 2. The minimum absolute atomic E-state index is 0.210. The van der Waals surface area contributed by atoms with E-state index in [-0.39, 0.29) is 5.43 Å². The van der Waals surface area contributed by atoms with Gasteiger partial charge in [-0.25, -0.2) is 5.57 Å². The first-order chi connectivity index (χ1) is 15.0. The standard InChI is InChI=1S/C19H19.C9H13.C2H6Si.Zr/c1-12-11-13(2)19(15(4)14(12)3)18-10-9-16-7-5-6-8-17(16)18;1-6-5-7(2)9(4)8(6)3;1-3-2;/h5-11H,1-4H3;6H,1-4H3;1-2H3;/q2*-1;;+2. The van der Waals surface area contributed by atoms with Gasteiger partial charge in [0.05, 0.1) is 0 Å². The fourth-order valence-electron chi connectivity index (χ4n) is 4.23. The van der Waals surface area contributed by atoms with Gasteiger partial charge in [0.1, 0.15) is 0 Å². The number of aryl methyl sites for hydroxylation is 2. The van der Waals surface area contributed by atoms with E-state index >= 15 is 0 Å². The molecule has 0 amide bonds. The Morgan fingerprint density at radius 2 is 1.50 bits per heavy atom. The van der Waals surface area contributed by atoms with Crippen molar-refractivity contribution in [3.8, 4) is 11.1 Å². The van der Waals surface area contributed by atoms with Crippen molar-refractivity contribution in [3.63, 3.8) is 0 Å². The minimum atomic E-state index is 0.210. The summed E-state index contributed by atoms with van der Waals surface area (Å²) in [6.45, 7) is 22.2. The number of hydrogen-bond acceptors (Lipinski definition) is 0. The average molecular weight is 518 g/mol. The van der Waals surface area contributed by atoms with Gasteiger partial charge in [-0.2, -0.15) is 11.1 Å². The Balaban J connectivity index is 0.000000233. The van der Waals surface area contributed by atoms with Gasteiger partial charge in [0.2, 0.25) is 0 Å². The van der Waals surface area contributed by atoms with Crippen LogP contribution in [0.1, 0.15) is 49.9 Å². The maximum atomic E-state index is 3.36. The second-order valence-electron chi connectivity index (χ2n) is 9.27. The molecule has 0 spiro atoms. The van der Waals surface area contributed by atoms with Crippen molar-refractivity contribution in [2.24, 2.45) is 5.92 Å². The fourth-order valence-corrected chi connectivity index (χ4v) is 4.23. The van der Waals surface area contributed by atoms with E-state index < -0.39 is 0 Å². The first kappa shape index (κ1) is 26.9. The normalized spacial score (nSPS) is 15.1. The Hall–Kier alpha value is -1.37. The summed E-state index contributed by atoms with van der Waals surface area (Å²) >= 11 is 1.74. The molecule has 0 N–H and O–H groups in total. The molecule has 1 aliphatic carbocycles. The van der Waals surface area contributed by atoms with Crippen LogP contribution in [-0.4, -0.2) is 5.43 Å². The molecule has 1 aliphatic rings. The first-order valence-electron chi connectivity index (χ1n) is 11.5. The third-order valence-electron chi connectivity index (χ3n) is 6.54. The van der Waals surface area contributed by atoms with E-state index in [0.29, 0.717) is 5.92 Å². The maximum absolute atomic E-state index is 3.36. The summed E-state index contributed by atoms with van der Waals surface area (Å²) < 4.78 is 0. The number of fused-ring (bicyclic) bond motifs is 1. The third-order valence-corrected chi connectivity index (χ3v) is 6.54. The van der Waals surface area contributed by atoms with Crippen LogP contribution in [-0.2, 0) is 23.3 Å². The molecule has 1 unspecified atom stereocenters. The van der Waals surface area contributed by atoms with E-state index in [2.05, 4.69) is 117 Å². The Labute approximate surface area is 211 Å². The molecule has 3 aromatic carbocycles. The van der Waals surface area contributed by atoms with Gasteiger partial charge in [-0.3, -0.25) is 6.08 Å². The molecule has 0 heterocycles. The molecule has 0 aliphatic heterocycles. The smallest absolute Gasteiger partial charge is 0.0393 e. The Kier molecular flexibility index (Phi) is 9.80. The van der Waals surface area contributed by atoms with Gasteiger partial charge in [0.15, 0.2) is 0 Å². The van der Waals surface area contributed by atoms with Crippen molar-refractivity contribution >= 4 is 16.2 Å². The molecule has 166 valence electrons. The van der Waals surface area contributed by atoms with Crippen molar-refractivity contribution in [3.05, 3.63) is 87.5 Å². The second kappa shape index (κ2) is 11.7. The zero-order valence-electron chi connectivity index (χ0n) is 21.6. The van der Waals surface area contributed by atoms with E-state index in [1.165, 1.54) is 60.9 Å². The Bertz CT molecular complexity index is 1180. The van der Waals surface area contributed by atoms with Gasteiger partial charge in [0.25, 0.3) is 0 Å². The molecule has 4 rings (SSSR count). The summed E-state index contributed by atoms with van der Waals surface area (Å²) in [4.78, 5) is 0. The molecule has 0 saturated carbocycles. The van der Waals surface area contributed by atoms with Crippen LogP contribution < -0.4 is 0 Å². The van der Waals surface area contributed by atoms with Gasteiger partial charge >= 0.3 is 41.9 Å². The van der Waals surface area contributed by atoms with Crippen LogP contribution in [0.15, 0.2) is 59.2 Å². The molecule has 0 fully saturated rings. The number of rotatable bonds is 1. The van der Waals surface area contributed by atoms with Crippen LogP contribution >= 0.6 is 0 Å². The molecule has 0 radical (unpaired) electrons. The zero-order chi connectivity index (χ0) is 24.2. The number of hydrogen-bond donors (Lipinski definition) is 0. The molecule has 32 heavy (non-hydrogen) atoms. The molecule has 2 heteroatoms. The van der Waals surface area contributed by atoms with Gasteiger partial charge in [-0.05, 0) is 44.4 Å². The predicted octanol–water partition coefficient (Wildman–Crippen LogP) is 8.97. The zero-order valence-corrected chi connectivity index (χ0v) is 25.1. The third kappa shape index (κ3) is 6.36. The Morgan fingerprint density at radius 3 is 2.00 bits per heavy atom. The quantitative estimate of drug-likeness (QED) is 0.223. The van der Waals surface area contributed by atoms with Crippen molar-refractivity contribution in [1.82, 2.24) is 0 Å². The van der Waals surface area contributed by atoms with E-state index in [4.69, 9.17) is 0 Å². The van der Waals surface area contributed by atoms with Crippen molar-refractivity contribution < 1.29 is 23.3 Å². The summed E-state index contributed by atoms with van der Waals surface area (Å²) in [6.07, 6.45) is 3.36. The van der Waals surface area contributed by atoms with Crippen LogP contribution in [0.2, 0.25) is 13.1 Å². The molecule has 0 aromatic heterocycles. The topological polar surface area (TPSA) is 0 Å². The van der Waals surface area contributed by atoms with Gasteiger partial charge in [-0.1, -0.05) is 49.9 Å². The molecule has 0 saturated heterocycles. The van der Waals surface area contributed by atoms with E-state index in [9.17, 15) is 0 Å². The SMILES string of the molecule is CC1=[C-]C(C)C(C)=C1C.C[Si](C)=[Zr+2].Cc1cc(C)c(-c2c[cH-]c3ccccc23)c(C)c1C. The molecular formula is C30H38SiZr. The maximum Gasteiger partial charge on any atom is -0.0393 e. The number of allylic oxidation sites excluding steroid dienone is 4. The van der Waals surface area contributed by atoms with Crippen LogP contribution in [0.25, 0.3) is 21.9 Å². The molecule has 3 aromatic rings. The van der Waals surface area contributed by atoms with Crippen LogP contribution in [0.5, 0.6) is 0 Å². The predicted molar refractivity (Wildman–Crippen MR) is 141 cm³/mol. The van der Waals surface area contributed by atoms with E-state index in [1.807, 2.05) is 0 Å². The molecule has 0 nitrogen and oxygen atoms in total. The summed E-state index contributed by atoms with van der Waals surface area (Å²) in [6, 6.07) is 15.4. The van der Waals surface area contributed by atoms with Crippen molar-refractivity contribution in [2.45, 2.75) is 68.5 Å². The first-order valence-corrected chi connectivity index (χ1v) is 17.7. The molecule has 0 bridgehead atoms. The average Bonchev–Trinajstić information content (AvgIpc) is 3.23. The minimum Gasteiger partial charge on any atom is -0.150 e.